The van der Waals surface area contributed by atoms with Crippen LogP contribution in [0, 0.1) is 6.92 Å². The van der Waals surface area contributed by atoms with E-state index >= 15 is 0 Å². The first-order valence-electron chi connectivity index (χ1n) is 9.99. The molecule has 1 heterocycles. The van der Waals surface area contributed by atoms with Crippen molar-refractivity contribution in [3.63, 3.8) is 0 Å². The Morgan fingerprint density at radius 1 is 1.16 bits per heavy atom. The average molecular weight is 476 g/mol. The van der Waals surface area contributed by atoms with E-state index in [1.807, 2.05) is 17.5 Å². The fourth-order valence-electron chi connectivity index (χ4n) is 3.09. The average Bonchev–Trinajstić information content (AvgIpc) is 3.20. The predicted molar refractivity (Wildman–Crippen MR) is 131 cm³/mol. The van der Waals surface area contributed by atoms with Gasteiger partial charge in [0.05, 0.1) is 17.1 Å². The molecule has 32 heavy (non-hydrogen) atoms. The van der Waals surface area contributed by atoms with Gasteiger partial charge < -0.3 is 10.6 Å². The summed E-state index contributed by atoms with van der Waals surface area (Å²) < 4.78 is 23.7. The second kappa shape index (κ2) is 9.62. The van der Waals surface area contributed by atoms with E-state index in [-0.39, 0.29) is 19.9 Å². The van der Waals surface area contributed by atoms with E-state index in [0.717, 1.165) is 17.5 Å². The molecule has 172 valence electrons. The van der Waals surface area contributed by atoms with Crippen LogP contribution in [0.2, 0.25) is 0 Å². The Bertz CT molecular complexity index is 1270. The second-order valence-electron chi connectivity index (χ2n) is 7.80. The molecule has 9 heteroatoms. The van der Waals surface area contributed by atoms with Crippen molar-refractivity contribution in [2.24, 2.45) is 0 Å². The van der Waals surface area contributed by atoms with Gasteiger partial charge in [-0.2, -0.15) is 0 Å². The quantitative estimate of drug-likeness (QED) is 0.523. The maximum Gasteiger partial charge on any atom is 0.251 e. The highest BCUT2D eigenvalue weighted by Gasteiger charge is 2.16. The standard InChI is InChI=1S/C23H25N3O4S2.2H2/c1-14(2)16-6-5-7-17(10-16)19-13-31-23(25-19)26-21(27)12-24-22(28)18-9-8-15(3)20(11-18)32(4,29)30;;/h5-11,13-14H,12H2,1-4H3,(H,24,28)(H,25,26,27);2*1H. The lowest BCUT2D eigenvalue weighted by atomic mass is 10.0. The molecule has 0 saturated carbocycles. The third kappa shape index (κ3) is 5.80. The zero-order chi connectivity index (χ0) is 23.5. The highest BCUT2D eigenvalue weighted by Crippen LogP contribution is 2.27. The third-order valence-electron chi connectivity index (χ3n) is 4.86. The molecule has 7 nitrogen and oxygen atoms in total. The Morgan fingerprint density at radius 2 is 1.91 bits per heavy atom. The first-order chi connectivity index (χ1) is 15.0. The number of hydrogen-bond acceptors (Lipinski definition) is 6. The summed E-state index contributed by atoms with van der Waals surface area (Å²) >= 11 is 1.30. The molecule has 0 bridgehead atoms. The zero-order valence-electron chi connectivity index (χ0n) is 18.3. The van der Waals surface area contributed by atoms with Crippen LogP contribution in [0.25, 0.3) is 11.3 Å². The summed E-state index contributed by atoms with van der Waals surface area (Å²) in [5.74, 6) is -0.556. The summed E-state index contributed by atoms with van der Waals surface area (Å²) in [6.07, 6.45) is 1.09. The number of benzene rings is 2. The largest absolute Gasteiger partial charge is 0.343 e. The Kier molecular flexibility index (Phi) is 7.10. The van der Waals surface area contributed by atoms with Crippen LogP contribution < -0.4 is 10.6 Å². The normalized spacial score (nSPS) is 11.4. The molecule has 1 aromatic heterocycles. The van der Waals surface area contributed by atoms with Crippen molar-refractivity contribution in [2.45, 2.75) is 31.6 Å². The maximum absolute atomic E-state index is 12.4. The lowest BCUT2D eigenvalue weighted by Gasteiger charge is -2.08. The molecule has 2 N–H and O–H groups in total. The van der Waals surface area contributed by atoms with Gasteiger partial charge in [0.1, 0.15) is 0 Å². The molecule has 0 aliphatic carbocycles. The van der Waals surface area contributed by atoms with Gasteiger partial charge in [-0.3, -0.25) is 9.59 Å². The number of carbonyl (C=O) groups is 2. The number of thiazole rings is 1. The first-order valence-corrected chi connectivity index (χ1v) is 12.8. The molecule has 3 aromatic rings. The Balaban J connectivity index is 0.00000289. The van der Waals surface area contributed by atoms with Crippen LogP contribution in [0.4, 0.5) is 5.13 Å². The zero-order valence-corrected chi connectivity index (χ0v) is 19.9. The topological polar surface area (TPSA) is 105 Å². The molecular formula is C23H29N3O4S2. The molecule has 0 atom stereocenters. The fraction of sp³-hybridized carbons (Fsp3) is 0.261. The van der Waals surface area contributed by atoms with Crippen molar-refractivity contribution in [1.29, 1.82) is 0 Å². The number of nitrogens with one attached hydrogen (secondary N) is 2. The van der Waals surface area contributed by atoms with Crippen LogP contribution in [-0.2, 0) is 14.6 Å². The van der Waals surface area contributed by atoms with Gasteiger partial charge in [0.2, 0.25) is 5.91 Å². The lowest BCUT2D eigenvalue weighted by Crippen LogP contribution is -2.32. The molecular weight excluding hydrogens is 446 g/mol. The minimum atomic E-state index is -3.46. The van der Waals surface area contributed by atoms with E-state index < -0.39 is 21.7 Å². The molecule has 0 spiro atoms. The van der Waals surface area contributed by atoms with Gasteiger partial charge in [0.15, 0.2) is 15.0 Å². The number of sulfone groups is 1. The van der Waals surface area contributed by atoms with Crippen molar-refractivity contribution in [3.8, 4) is 11.3 Å². The summed E-state index contributed by atoms with van der Waals surface area (Å²) in [5.41, 5.74) is 3.68. The third-order valence-corrected chi connectivity index (χ3v) is 6.86. The van der Waals surface area contributed by atoms with E-state index in [2.05, 4.69) is 41.6 Å². The Morgan fingerprint density at radius 3 is 2.59 bits per heavy atom. The monoisotopic (exact) mass is 475 g/mol. The number of anilines is 1. The van der Waals surface area contributed by atoms with Crippen LogP contribution in [0.15, 0.2) is 52.7 Å². The van der Waals surface area contributed by atoms with Gasteiger partial charge in [-0.1, -0.05) is 38.1 Å². The van der Waals surface area contributed by atoms with Crippen LogP contribution >= 0.6 is 11.3 Å². The number of carbonyl (C=O) groups excluding carboxylic acids is 2. The van der Waals surface area contributed by atoms with Crippen LogP contribution in [-0.4, -0.2) is 38.0 Å². The van der Waals surface area contributed by atoms with E-state index in [1.165, 1.54) is 29.0 Å². The molecule has 0 aliphatic heterocycles. The summed E-state index contributed by atoms with van der Waals surface area (Å²) in [4.78, 5) is 29.2. The molecule has 3 rings (SSSR count). The van der Waals surface area contributed by atoms with E-state index in [0.29, 0.717) is 16.6 Å². The predicted octanol–water partition coefficient (Wildman–Crippen LogP) is 4.51. The lowest BCUT2D eigenvalue weighted by molar-refractivity contribution is -0.115. The molecule has 0 aliphatic rings. The van der Waals surface area contributed by atoms with Gasteiger partial charge in [0, 0.05) is 25.6 Å². The molecule has 0 fully saturated rings. The van der Waals surface area contributed by atoms with Crippen LogP contribution in [0.3, 0.4) is 0 Å². The summed E-state index contributed by atoms with van der Waals surface area (Å²) in [5, 5.41) is 7.49. The maximum atomic E-state index is 12.4. The Labute approximate surface area is 194 Å². The number of aryl methyl sites for hydroxylation is 1. The van der Waals surface area contributed by atoms with Crippen molar-refractivity contribution < 1.29 is 20.9 Å². The number of aromatic nitrogens is 1. The van der Waals surface area contributed by atoms with Gasteiger partial charge in [-0.05, 0) is 42.2 Å². The van der Waals surface area contributed by atoms with E-state index in [4.69, 9.17) is 0 Å². The number of amides is 2. The molecule has 2 amide bonds. The van der Waals surface area contributed by atoms with Gasteiger partial charge in [-0.15, -0.1) is 11.3 Å². The van der Waals surface area contributed by atoms with Gasteiger partial charge in [-0.25, -0.2) is 13.4 Å². The van der Waals surface area contributed by atoms with Gasteiger partial charge in [0.25, 0.3) is 5.91 Å². The summed E-state index contributed by atoms with van der Waals surface area (Å²) in [7, 11) is -3.46. The molecule has 0 unspecified atom stereocenters. The minimum absolute atomic E-state index is 0. The highest BCUT2D eigenvalue weighted by atomic mass is 32.2. The van der Waals surface area contributed by atoms with Crippen molar-refractivity contribution in [2.75, 3.05) is 18.1 Å². The molecule has 0 saturated heterocycles. The molecule has 0 radical (unpaired) electrons. The minimum Gasteiger partial charge on any atom is -0.343 e. The first kappa shape index (κ1) is 23.6. The number of rotatable bonds is 7. The van der Waals surface area contributed by atoms with Crippen LogP contribution in [0.1, 0.15) is 44.1 Å². The van der Waals surface area contributed by atoms with Crippen LogP contribution in [0.5, 0.6) is 0 Å². The van der Waals surface area contributed by atoms with Crippen molar-refractivity contribution in [3.05, 3.63) is 64.5 Å². The molecule has 2 aromatic carbocycles. The SMILES string of the molecule is Cc1ccc(C(=O)NCC(=O)Nc2nc(-c3cccc(C(C)C)c3)cs2)cc1S(C)(=O)=O.[HH].[HH]. The van der Waals surface area contributed by atoms with Crippen molar-refractivity contribution >= 4 is 38.1 Å². The van der Waals surface area contributed by atoms with E-state index in [1.54, 1.807) is 13.0 Å². The second-order valence-corrected chi connectivity index (χ2v) is 10.6. The van der Waals surface area contributed by atoms with Crippen molar-refractivity contribution in [1.82, 2.24) is 10.3 Å². The smallest absolute Gasteiger partial charge is 0.251 e. The van der Waals surface area contributed by atoms with Gasteiger partial charge >= 0.3 is 0 Å². The number of nitrogens with zero attached hydrogens (tertiary/aromatic N) is 1. The summed E-state index contributed by atoms with van der Waals surface area (Å²) in [6, 6.07) is 12.5. The van der Waals surface area contributed by atoms with E-state index in [9.17, 15) is 18.0 Å². The number of hydrogen-bond donors (Lipinski definition) is 2. The highest BCUT2D eigenvalue weighted by molar-refractivity contribution is 7.90. The fourth-order valence-corrected chi connectivity index (χ4v) is 4.82. The summed E-state index contributed by atoms with van der Waals surface area (Å²) in [6.45, 7) is 5.64. The Hall–Kier alpha value is -3.04.